The summed E-state index contributed by atoms with van der Waals surface area (Å²) in [4.78, 5) is 16.1. The topological polar surface area (TPSA) is 55.6 Å². The van der Waals surface area contributed by atoms with Crippen LogP contribution >= 0.6 is 11.3 Å². The molecule has 0 atom stereocenters. The average Bonchev–Trinajstić information content (AvgIpc) is 3.14. The molecule has 0 radical (unpaired) electrons. The smallest absolute Gasteiger partial charge is 0.230 e. The lowest BCUT2D eigenvalue weighted by molar-refractivity contribution is -0.142. The third-order valence-corrected chi connectivity index (χ3v) is 5.05. The van der Waals surface area contributed by atoms with E-state index < -0.39 is 0 Å². The number of ether oxygens (including phenoxy) is 1. The van der Waals surface area contributed by atoms with E-state index in [0.717, 1.165) is 25.7 Å². The number of amides is 1. The van der Waals surface area contributed by atoms with Crippen LogP contribution in [0.15, 0.2) is 17.5 Å². The van der Waals surface area contributed by atoms with E-state index in [-0.39, 0.29) is 11.3 Å². The number of carbonyl (C=O) groups excluding carboxylic acids is 1. The van der Waals surface area contributed by atoms with E-state index in [9.17, 15) is 4.79 Å². The van der Waals surface area contributed by atoms with Crippen molar-refractivity contribution >= 4 is 17.2 Å². The Morgan fingerprint density at radius 1 is 1.50 bits per heavy atom. The van der Waals surface area contributed by atoms with Gasteiger partial charge in [-0.3, -0.25) is 4.79 Å². The lowest BCUT2D eigenvalue weighted by Crippen LogP contribution is -2.47. The molecule has 112 valence electrons. The molecular formula is C15H24N2O2S. The highest BCUT2D eigenvalue weighted by Gasteiger charge is 2.42. The summed E-state index contributed by atoms with van der Waals surface area (Å²) in [6.45, 7) is 2.33. The standard InChI is InChI=1S/C15H24N2O2S/c1-19-9-8-17(11-13-5-4-10-20-13)14(18)15(12-16)6-2-3-7-15/h4-5,10H,2-3,6-9,11-12,16H2,1H3. The second kappa shape index (κ2) is 7.20. The Bertz CT molecular complexity index is 414. The highest BCUT2D eigenvalue weighted by Crippen LogP contribution is 2.39. The molecule has 1 aromatic rings. The number of thiophene rings is 1. The molecule has 2 rings (SSSR count). The zero-order valence-corrected chi connectivity index (χ0v) is 13.0. The van der Waals surface area contributed by atoms with Crippen molar-refractivity contribution in [1.82, 2.24) is 4.90 Å². The van der Waals surface area contributed by atoms with Gasteiger partial charge in [-0.15, -0.1) is 11.3 Å². The van der Waals surface area contributed by atoms with Crippen molar-refractivity contribution in [1.29, 1.82) is 0 Å². The molecular weight excluding hydrogens is 272 g/mol. The Morgan fingerprint density at radius 3 is 2.80 bits per heavy atom. The third-order valence-electron chi connectivity index (χ3n) is 4.18. The van der Waals surface area contributed by atoms with Crippen LogP contribution < -0.4 is 5.73 Å². The van der Waals surface area contributed by atoms with Gasteiger partial charge in [-0.05, 0) is 24.3 Å². The van der Waals surface area contributed by atoms with Gasteiger partial charge in [0.25, 0.3) is 0 Å². The van der Waals surface area contributed by atoms with Crippen molar-refractivity contribution in [2.24, 2.45) is 11.1 Å². The van der Waals surface area contributed by atoms with Gasteiger partial charge >= 0.3 is 0 Å². The number of hydrogen-bond acceptors (Lipinski definition) is 4. The van der Waals surface area contributed by atoms with Gasteiger partial charge in [0.05, 0.1) is 18.6 Å². The second-order valence-electron chi connectivity index (χ2n) is 5.49. The average molecular weight is 296 g/mol. The van der Waals surface area contributed by atoms with E-state index in [4.69, 9.17) is 10.5 Å². The van der Waals surface area contributed by atoms with Crippen LogP contribution in [-0.4, -0.2) is 37.6 Å². The minimum Gasteiger partial charge on any atom is -0.383 e. The fourth-order valence-corrected chi connectivity index (χ4v) is 3.66. The van der Waals surface area contributed by atoms with Gasteiger partial charge in [0.2, 0.25) is 5.91 Å². The summed E-state index contributed by atoms with van der Waals surface area (Å²) >= 11 is 1.69. The second-order valence-corrected chi connectivity index (χ2v) is 6.52. The number of nitrogens with two attached hydrogens (primary N) is 1. The molecule has 20 heavy (non-hydrogen) atoms. The van der Waals surface area contributed by atoms with Gasteiger partial charge in [0.1, 0.15) is 0 Å². The Morgan fingerprint density at radius 2 is 2.25 bits per heavy atom. The van der Waals surface area contributed by atoms with E-state index in [1.54, 1.807) is 18.4 Å². The van der Waals surface area contributed by atoms with Gasteiger partial charge < -0.3 is 15.4 Å². The van der Waals surface area contributed by atoms with Crippen LogP contribution in [0, 0.1) is 5.41 Å². The quantitative estimate of drug-likeness (QED) is 0.839. The van der Waals surface area contributed by atoms with Crippen LogP contribution in [0.4, 0.5) is 0 Å². The summed E-state index contributed by atoms with van der Waals surface area (Å²) in [5.74, 6) is 0.211. The molecule has 0 aliphatic heterocycles. The molecule has 1 heterocycles. The fraction of sp³-hybridized carbons (Fsp3) is 0.667. The zero-order valence-electron chi connectivity index (χ0n) is 12.1. The van der Waals surface area contributed by atoms with E-state index in [1.807, 2.05) is 16.3 Å². The largest absolute Gasteiger partial charge is 0.383 e. The van der Waals surface area contributed by atoms with Gasteiger partial charge in [0, 0.05) is 25.1 Å². The van der Waals surface area contributed by atoms with Crippen LogP contribution in [-0.2, 0) is 16.1 Å². The Kier molecular flexibility index (Phi) is 5.57. The number of nitrogens with zero attached hydrogens (tertiary/aromatic N) is 1. The monoisotopic (exact) mass is 296 g/mol. The predicted octanol–water partition coefficient (Wildman–Crippen LogP) is 2.24. The third kappa shape index (κ3) is 3.40. The maximum atomic E-state index is 12.9. The molecule has 0 spiro atoms. The van der Waals surface area contributed by atoms with Crippen molar-refractivity contribution in [3.05, 3.63) is 22.4 Å². The molecule has 1 fully saturated rings. The SMILES string of the molecule is COCCN(Cc1cccs1)C(=O)C1(CN)CCCC1. The fourth-order valence-electron chi connectivity index (χ4n) is 2.94. The summed E-state index contributed by atoms with van der Waals surface area (Å²) < 4.78 is 5.15. The zero-order chi connectivity index (χ0) is 14.4. The minimum absolute atomic E-state index is 0.211. The summed E-state index contributed by atoms with van der Waals surface area (Å²) in [7, 11) is 1.67. The van der Waals surface area contributed by atoms with Crippen LogP contribution in [0.3, 0.4) is 0 Å². The molecule has 1 aromatic heterocycles. The number of methoxy groups -OCH3 is 1. The lowest BCUT2D eigenvalue weighted by Gasteiger charge is -2.33. The molecule has 5 heteroatoms. The Balaban J connectivity index is 2.10. The lowest BCUT2D eigenvalue weighted by atomic mass is 9.84. The number of hydrogen-bond donors (Lipinski definition) is 1. The predicted molar refractivity (Wildman–Crippen MR) is 81.6 cm³/mol. The minimum atomic E-state index is -0.328. The van der Waals surface area contributed by atoms with Crippen LogP contribution in [0.25, 0.3) is 0 Å². The van der Waals surface area contributed by atoms with E-state index in [0.29, 0.717) is 26.2 Å². The number of carbonyl (C=O) groups is 1. The van der Waals surface area contributed by atoms with Crippen molar-refractivity contribution in [2.75, 3.05) is 26.8 Å². The molecule has 4 nitrogen and oxygen atoms in total. The molecule has 1 saturated carbocycles. The first kappa shape index (κ1) is 15.5. The molecule has 2 N–H and O–H groups in total. The van der Waals surface area contributed by atoms with E-state index in [1.165, 1.54) is 4.88 Å². The summed E-state index contributed by atoms with van der Waals surface area (Å²) in [6, 6.07) is 4.09. The van der Waals surface area contributed by atoms with Crippen LogP contribution in [0.2, 0.25) is 0 Å². The molecule has 0 bridgehead atoms. The molecule has 1 aliphatic rings. The van der Waals surface area contributed by atoms with Crippen molar-refractivity contribution in [2.45, 2.75) is 32.2 Å². The van der Waals surface area contributed by atoms with E-state index >= 15 is 0 Å². The summed E-state index contributed by atoms with van der Waals surface area (Å²) in [6.07, 6.45) is 4.08. The van der Waals surface area contributed by atoms with Crippen molar-refractivity contribution < 1.29 is 9.53 Å². The first-order valence-corrected chi connectivity index (χ1v) is 8.10. The Labute approximate surface area is 124 Å². The van der Waals surface area contributed by atoms with Gasteiger partial charge in [-0.1, -0.05) is 18.9 Å². The normalized spacial score (nSPS) is 17.3. The maximum Gasteiger partial charge on any atom is 0.230 e. The first-order valence-electron chi connectivity index (χ1n) is 7.22. The van der Waals surface area contributed by atoms with Gasteiger partial charge in [-0.2, -0.15) is 0 Å². The van der Waals surface area contributed by atoms with Gasteiger partial charge in [-0.25, -0.2) is 0 Å². The highest BCUT2D eigenvalue weighted by molar-refractivity contribution is 7.09. The van der Waals surface area contributed by atoms with Gasteiger partial charge in [0.15, 0.2) is 0 Å². The molecule has 0 saturated heterocycles. The molecule has 0 unspecified atom stereocenters. The molecule has 1 aliphatic carbocycles. The first-order chi connectivity index (χ1) is 9.72. The van der Waals surface area contributed by atoms with Crippen molar-refractivity contribution in [3.63, 3.8) is 0 Å². The van der Waals surface area contributed by atoms with Crippen molar-refractivity contribution in [3.8, 4) is 0 Å². The Hall–Kier alpha value is -0.910. The van der Waals surface area contributed by atoms with Crippen LogP contribution in [0.5, 0.6) is 0 Å². The molecule has 0 aromatic carbocycles. The highest BCUT2D eigenvalue weighted by atomic mass is 32.1. The maximum absolute atomic E-state index is 12.9. The summed E-state index contributed by atoms with van der Waals surface area (Å²) in [5, 5.41) is 2.04. The number of rotatable bonds is 7. The van der Waals surface area contributed by atoms with E-state index in [2.05, 4.69) is 6.07 Å². The van der Waals surface area contributed by atoms with Crippen LogP contribution in [0.1, 0.15) is 30.6 Å². The summed E-state index contributed by atoms with van der Waals surface area (Å²) in [5.41, 5.74) is 5.61. The molecule has 1 amide bonds.